The van der Waals surface area contributed by atoms with Crippen molar-refractivity contribution in [3.8, 4) is 5.75 Å². The third-order valence-corrected chi connectivity index (χ3v) is 2.44. The van der Waals surface area contributed by atoms with Crippen molar-refractivity contribution in [2.24, 2.45) is 0 Å². The van der Waals surface area contributed by atoms with Crippen molar-refractivity contribution in [3.63, 3.8) is 0 Å². The third-order valence-electron chi connectivity index (χ3n) is 1.68. The molecule has 3 heteroatoms. The zero-order chi connectivity index (χ0) is 9.14. The average molecular weight is 186 g/mol. The van der Waals surface area contributed by atoms with Crippen LogP contribution in [0.15, 0.2) is 17.0 Å². The van der Waals surface area contributed by atoms with Gasteiger partial charge < -0.3 is 4.74 Å². The molecule has 0 spiro atoms. The molecule has 0 amide bonds. The predicted octanol–water partition coefficient (Wildman–Crippen LogP) is 2.86. The Bertz CT molecular complexity index is 286. The highest BCUT2D eigenvalue weighted by atomic mass is 32.2. The van der Waals surface area contributed by atoms with E-state index in [0.29, 0.717) is 10.6 Å². The molecule has 0 unspecified atom stereocenters. The molecule has 0 bridgehead atoms. The lowest BCUT2D eigenvalue weighted by Gasteiger charge is -2.07. The lowest BCUT2D eigenvalue weighted by molar-refractivity contribution is 0.378. The Hall–Kier alpha value is -0.700. The minimum absolute atomic E-state index is 0.259. The number of halogens is 1. The molecule has 1 aromatic rings. The van der Waals surface area contributed by atoms with Gasteiger partial charge in [0.05, 0.1) is 7.11 Å². The summed E-state index contributed by atoms with van der Waals surface area (Å²) in [6, 6.07) is 3.62. The van der Waals surface area contributed by atoms with E-state index < -0.39 is 0 Å². The highest BCUT2D eigenvalue weighted by Crippen LogP contribution is 2.29. The van der Waals surface area contributed by atoms with Gasteiger partial charge in [-0.05, 0) is 24.8 Å². The largest absolute Gasteiger partial charge is 0.493 e. The number of aryl methyl sites for hydroxylation is 1. The van der Waals surface area contributed by atoms with Crippen LogP contribution in [0.3, 0.4) is 0 Å². The highest BCUT2D eigenvalue weighted by Gasteiger charge is 2.09. The molecule has 0 aliphatic rings. The molecule has 0 radical (unpaired) electrons. The van der Waals surface area contributed by atoms with Crippen LogP contribution in [0, 0.1) is 12.7 Å². The number of ether oxygens (including phenoxy) is 1. The van der Waals surface area contributed by atoms with Gasteiger partial charge >= 0.3 is 0 Å². The summed E-state index contributed by atoms with van der Waals surface area (Å²) >= 11 is 1.38. The molecular weight excluding hydrogens is 175 g/mol. The second kappa shape index (κ2) is 3.81. The highest BCUT2D eigenvalue weighted by molar-refractivity contribution is 7.98. The molecule has 1 nitrogen and oxygen atoms in total. The SMILES string of the molecule is COc1c(C)ccc(SC)c1F. The molecule has 0 atom stereocenters. The number of hydrogen-bond donors (Lipinski definition) is 0. The van der Waals surface area contributed by atoms with Crippen LogP contribution in [-0.2, 0) is 0 Å². The smallest absolute Gasteiger partial charge is 0.178 e. The fraction of sp³-hybridized carbons (Fsp3) is 0.333. The van der Waals surface area contributed by atoms with Crippen LogP contribution >= 0.6 is 11.8 Å². The van der Waals surface area contributed by atoms with Crippen molar-refractivity contribution in [2.45, 2.75) is 11.8 Å². The van der Waals surface area contributed by atoms with Gasteiger partial charge in [0.15, 0.2) is 11.6 Å². The zero-order valence-corrected chi connectivity index (χ0v) is 8.17. The molecule has 0 aromatic heterocycles. The minimum atomic E-state index is -0.259. The lowest BCUT2D eigenvalue weighted by atomic mass is 10.2. The first kappa shape index (κ1) is 9.39. The average Bonchev–Trinajstić information content (AvgIpc) is 2.06. The van der Waals surface area contributed by atoms with Crippen molar-refractivity contribution in [1.82, 2.24) is 0 Å². The summed E-state index contributed by atoms with van der Waals surface area (Å²) in [5.41, 5.74) is 0.827. The number of hydrogen-bond acceptors (Lipinski definition) is 2. The Kier molecular flexibility index (Phi) is 2.98. The maximum atomic E-state index is 13.4. The summed E-state index contributed by atoms with van der Waals surface area (Å²) in [5.74, 6) is 0.0897. The Labute approximate surface area is 75.9 Å². The Morgan fingerprint density at radius 1 is 1.42 bits per heavy atom. The standard InChI is InChI=1S/C9H11FOS/c1-6-4-5-7(12-3)8(10)9(6)11-2/h4-5H,1-3H3. The van der Waals surface area contributed by atoms with Crippen LogP contribution in [0.4, 0.5) is 4.39 Å². The van der Waals surface area contributed by atoms with Gasteiger partial charge in [-0.1, -0.05) is 6.07 Å². The van der Waals surface area contributed by atoms with Crippen LogP contribution in [-0.4, -0.2) is 13.4 Å². The first-order chi connectivity index (χ1) is 5.70. The number of rotatable bonds is 2. The molecule has 1 rings (SSSR count). The Morgan fingerprint density at radius 2 is 2.08 bits per heavy atom. The van der Waals surface area contributed by atoms with Gasteiger partial charge in [0.1, 0.15) is 0 Å². The molecule has 0 aliphatic heterocycles. The molecule has 1 aromatic carbocycles. The fourth-order valence-corrected chi connectivity index (χ4v) is 1.52. The van der Waals surface area contributed by atoms with Gasteiger partial charge in [-0.2, -0.15) is 0 Å². The van der Waals surface area contributed by atoms with Gasteiger partial charge in [-0.25, -0.2) is 4.39 Å². The first-order valence-electron chi connectivity index (χ1n) is 3.57. The fourth-order valence-electron chi connectivity index (χ4n) is 1.04. The molecule has 0 saturated carbocycles. The molecule has 0 heterocycles. The van der Waals surface area contributed by atoms with Gasteiger partial charge in [0.25, 0.3) is 0 Å². The van der Waals surface area contributed by atoms with E-state index in [1.807, 2.05) is 19.2 Å². The quantitative estimate of drug-likeness (QED) is 0.657. The van der Waals surface area contributed by atoms with Crippen LogP contribution in [0.25, 0.3) is 0 Å². The van der Waals surface area contributed by atoms with E-state index in [4.69, 9.17) is 4.74 Å². The Balaban J connectivity index is 3.24. The third kappa shape index (κ3) is 1.55. The molecule has 0 saturated heterocycles. The maximum Gasteiger partial charge on any atom is 0.178 e. The lowest BCUT2D eigenvalue weighted by Crippen LogP contribution is -1.93. The van der Waals surface area contributed by atoms with Crippen LogP contribution in [0.2, 0.25) is 0 Å². The minimum Gasteiger partial charge on any atom is -0.493 e. The molecule has 0 aliphatic carbocycles. The second-order valence-electron chi connectivity index (χ2n) is 2.43. The van der Waals surface area contributed by atoms with Crippen molar-refractivity contribution in [1.29, 1.82) is 0 Å². The van der Waals surface area contributed by atoms with E-state index in [1.165, 1.54) is 18.9 Å². The maximum absolute atomic E-state index is 13.4. The van der Waals surface area contributed by atoms with Gasteiger partial charge in [-0.15, -0.1) is 11.8 Å². The molecular formula is C9H11FOS. The number of benzene rings is 1. The zero-order valence-electron chi connectivity index (χ0n) is 7.35. The summed E-state index contributed by atoms with van der Waals surface area (Å²) in [6.45, 7) is 1.83. The molecule has 0 N–H and O–H groups in total. The van der Waals surface area contributed by atoms with Gasteiger partial charge in [-0.3, -0.25) is 0 Å². The van der Waals surface area contributed by atoms with E-state index in [2.05, 4.69) is 0 Å². The van der Waals surface area contributed by atoms with Crippen molar-refractivity contribution < 1.29 is 9.13 Å². The summed E-state index contributed by atoms with van der Waals surface area (Å²) in [7, 11) is 1.48. The van der Waals surface area contributed by atoms with Gasteiger partial charge in [0.2, 0.25) is 0 Å². The van der Waals surface area contributed by atoms with Crippen LogP contribution in [0.1, 0.15) is 5.56 Å². The van der Waals surface area contributed by atoms with Crippen LogP contribution < -0.4 is 4.74 Å². The van der Waals surface area contributed by atoms with E-state index in [1.54, 1.807) is 6.07 Å². The number of thioether (sulfide) groups is 1. The summed E-state index contributed by atoms with van der Waals surface area (Å²) in [4.78, 5) is 0.623. The summed E-state index contributed by atoms with van der Waals surface area (Å²) in [6.07, 6.45) is 1.84. The van der Waals surface area contributed by atoms with Crippen molar-refractivity contribution >= 4 is 11.8 Å². The second-order valence-corrected chi connectivity index (χ2v) is 3.28. The van der Waals surface area contributed by atoms with E-state index in [-0.39, 0.29) is 5.82 Å². The summed E-state index contributed by atoms with van der Waals surface area (Å²) < 4.78 is 18.3. The van der Waals surface area contributed by atoms with Gasteiger partial charge in [0, 0.05) is 4.90 Å². The molecule has 66 valence electrons. The molecule has 0 fully saturated rings. The molecule has 12 heavy (non-hydrogen) atoms. The Morgan fingerprint density at radius 3 is 2.58 bits per heavy atom. The van der Waals surface area contributed by atoms with E-state index >= 15 is 0 Å². The first-order valence-corrected chi connectivity index (χ1v) is 4.80. The normalized spacial score (nSPS) is 10.0. The topological polar surface area (TPSA) is 9.23 Å². The summed E-state index contributed by atoms with van der Waals surface area (Å²) in [5, 5.41) is 0. The number of methoxy groups -OCH3 is 1. The van der Waals surface area contributed by atoms with Crippen LogP contribution in [0.5, 0.6) is 5.75 Å². The van der Waals surface area contributed by atoms with Crippen molar-refractivity contribution in [2.75, 3.05) is 13.4 Å². The monoisotopic (exact) mass is 186 g/mol. The van der Waals surface area contributed by atoms with E-state index in [0.717, 1.165) is 5.56 Å². The van der Waals surface area contributed by atoms with Crippen molar-refractivity contribution in [3.05, 3.63) is 23.5 Å². The predicted molar refractivity (Wildman–Crippen MR) is 49.5 cm³/mol. The van der Waals surface area contributed by atoms with E-state index in [9.17, 15) is 4.39 Å².